The number of piperidine rings is 1. The number of likely N-dealkylation sites (N-methyl/N-ethyl adjacent to an activating group) is 2. The van der Waals surface area contributed by atoms with Gasteiger partial charge in [0.1, 0.15) is 59.5 Å². The molecule has 14 atom stereocenters. The number of aliphatic hydroxyl groups is 3. The monoisotopic (exact) mass is 1230 g/mol. The van der Waals surface area contributed by atoms with Gasteiger partial charge in [-0.25, -0.2) is 9.78 Å². The molecule has 3 aromatic rings. The second-order valence-electron chi connectivity index (χ2n) is 23.3. The van der Waals surface area contributed by atoms with Crippen LogP contribution >= 0.6 is 11.3 Å². The standard InChI is InChI=1S/C60H83N9O17S/c1-9-33(4)48(57(79)67(6)40(32(2)3)28-44(84-8)56-65-39(31-87-56)53(76)63-37(25-34(5)58(80)81)26-35-15-11-10-12-16-35)66-55(78)42-17-13-14-24-69(42,7)30-36-18-19-43(85-60-51(75)49(73)50(74)52(86-60)59(82)83)38(27-36)64-45(70)22-23-62-54(77)41(29-61)68-46(71)20-21-47(68)72/h10-12,15-16,18-21,27,31-34,37,40-42,44,48-52,60,73-75H,9,13-14,17,22-26,28-30,61H2,1-8H3,(H5-,62,63,64,66,70,76,77,78,80,81,82,83)/p+1/t33-,34-,37+,40+,41?,42+,44+,48-,49-,50-,51+,52-,60+,69?/m0/s1. The molecule has 26 nitrogen and oxygen atoms in total. The Balaban J connectivity index is 1.18. The summed E-state index contributed by atoms with van der Waals surface area (Å²) in [5.41, 5.74) is 7.38. The number of anilines is 1. The van der Waals surface area contributed by atoms with E-state index in [9.17, 15) is 68.7 Å². The topological polar surface area (TPSA) is 376 Å². The van der Waals surface area contributed by atoms with Crippen molar-refractivity contribution >= 4 is 70.3 Å². The minimum absolute atomic E-state index is 0.0232. The van der Waals surface area contributed by atoms with Gasteiger partial charge in [-0.15, -0.1) is 11.3 Å². The van der Waals surface area contributed by atoms with Gasteiger partial charge in [0.15, 0.2) is 12.1 Å². The quantitative estimate of drug-likeness (QED) is 0.0336. The Morgan fingerprint density at radius 3 is 2.23 bits per heavy atom. The molecule has 0 spiro atoms. The van der Waals surface area contributed by atoms with E-state index in [2.05, 4.69) is 26.3 Å². The van der Waals surface area contributed by atoms with E-state index < -0.39 is 121 Å². The van der Waals surface area contributed by atoms with Gasteiger partial charge in [-0.3, -0.25) is 43.3 Å². The van der Waals surface area contributed by atoms with Gasteiger partial charge in [-0.05, 0) is 61.3 Å². The maximum absolute atomic E-state index is 14.9. The number of benzene rings is 2. The molecule has 3 aliphatic heterocycles. The number of carboxylic acids is 2. The van der Waals surface area contributed by atoms with Gasteiger partial charge >= 0.3 is 11.9 Å². The second-order valence-corrected chi connectivity index (χ2v) is 24.2. The number of hydrogen-bond acceptors (Lipinski definition) is 18. The molecular weight excluding hydrogens is 1150 g/mol. The first-order valence-corrected chi connectivity index (χ1v) is 30.1. The summed E-state index contributed by atoms with van der Waals surface area (Å²) in [4.78, 5) is 126. The number of likely N-dealkylation sites (tertiary alicyclic amines) is 1. The predicted octanol–water partition coefficient (Wildman–Crippen LogP) is 1.85. The molecule has 0 saturated carbocycles. The second kappa shape index (κ2) is 31.1. The number of methoxy groups -OCH3 is 1. The number of nitrogens with two attached hydrogens (primary N) is 1. The molecule has 11 N–H and O–H groups in total. The number of carbonyl (C=O) groups is 9. The lowest BCUT2D eigenvalue weighted by Crippen LogP contribution is -2.63. The van der Waals surface area contributed by atoms with Gasteiger partial charge in [-0.2, -0.15) is 0 Å². The average Bonchev–Trinajstić information content (AvgIpc) is 2.73. The van der Waals surface area contributed by atoms with E-state index >= 15 is 0 Å². The molecule has 0 radical (unpaired) electrons. The minimum Gasteiger partial charge on any atom is -0.481 e. The first-order valence-electron chi connectivity index (χ1n) is 29.2. The number of carboxylic acid groups (broad SMARTS) is 2. The van der Waals surface area contributed by atoms with Crippen molar-refractivity contribution in [1.29, 1.82) is 0 Å². The van der Waals surface area contributed by atoms with Gasteiger partial charge < -0.3 is 76.1 Å². The maximum atomic E-state index is 14.9. The van der Waals surface area contributed by atoms with Gasteiger partial charge in [-0.1, -0.05) is 71.4 Å². The largest absolute Gasteiger partial charge is 0.481 e. The third-order valence-corrected chi connectivity index (χ3v) is 17.5. The van der Waals surface area contributed by atoms with Crippen molar-refractivity contribution in [1.82, 2.24) is 30.7 Å². The lowest BCUT2D eigenvalue weighted by atomic mass is 9.92. The molecule has 476 valence electrons. The van der Waals surface area contributed by atoms with Crippen LogP contribution in [0.4, 0.5) is 5.69 Å². The van der Waals surface area contributed by atoms with Crippen LogP contribution in [0.3, 0.4) is 0 Å². The van der Waals surface area contributed by atoms with Crippen molar-refractivity contribution in [2.45, 2.75) is 160 Å². The summed E-state index contributed by atoms with van der Waals surface area (Å²) in [6.45, 7) is 9.42. The lowest BCUT2D eigenvalue weighted by molar-refractivity contribution is -0.942. The number of nitrogens with one attached hydrogen (secondary N) is 4. The van der Waals surface area contributed by atoms with E-state index in [0.29, 0.717) is 54.1 Å². The Kier molecular flexibility index (Phi) is 24.6. The Bertz CT molecular complexity index is 2950. The number of imide groups is 1. The summed E-state index contributed by atoms with van der Waals surface area (Å²) in [5, 5.41) is 64.6. The highest BCUT2D eigenvalue weighted by Gasteiger charge is 2.49. The molecule has 6 rings (SSSR count). The highest BCUT2D eigenvalue weighted by molar-refractivity contribution is 7.09. The normalized spacial score (nSPS) is 23.6. The number of carbonyl (C=O) groups excluding carboxylic acids is 7. The third kappa shape index (κ3) is 17.5. The molecule has 2 aromatic carbocycles. The SMILES string of the molecule is CC[C@H](C)[C@H](NC(=O)[C@H]1CCCC[N+]1(C)Cc1ccc(O[C@@H]2O[C@H](C(=O)O)[C@@H](O)[C@H](O)[C@H]2O)c(NC(=O)CCNC(=O)C(CN)N2C(=O)C=CC2=O)c1)C(=O)N(C)[C@H](C[C@@H](OC)c1nc(C(=O)N[C@@H](Cc2ccccc2)C[C@H](C)C(=O)O)cs1)C(C)C. The van der Waals surface area contributed by atoms with Gasteiger partial charge in [0.2, 0.25) is 24.0 Å². The summed E-state index contributed by atoms with van der Waals surface area (Å²) >= 11 is 1.23. The summed E-state index contributed by atoms with van der Waals surface area (Å²) in [6, 6.07) is 10.2. The number of aromatic nitrogens is 1. The van der Waals surface area contributed by atoms with Crippen LogP contribution < -0.4 is 31.7 Å². The predicted molar refractivity (Wildman–Crippen MR) is 316 cm³/mol. The van der Waals surface area contributed by atoms with E-state index in [4.69, 9.17) is 19.9 Å². The van der Waals surface area contributed by atoms with Crippen LogP contribution in [0.15, 0.2) is 66.1 Å². The van der Waals surface area contributed by atoms with E-state index in [1.54, 1.807) is 36.4 Å². The molecule has 2 fully saturated rings. The summed E-state index contributed by atoms with van der Waals surface area (Å²) in [7, 11) is 5.14. The molecule has 2 saturated heterocycles. The fraction of sp³-hybridized carbons (Fsp3) is 0.567. The average molecular weight is 1240 g/mol. The number of ether oxygens (including phenoxy) is 3. The minimum atomic E-state index is -2.01. The van der Waals surface area contributed by atoms with E-state index in [1.165, 1.54) is 24.5 Å². The van der Waals surface area contributed by atoms with Crippen molar-refractivity contribution < 1.29 is 87.4 Å². The number of thiazole rings is 1. The van der Waals surface area contributed by atoms with E-state index in [-0.39, 0.29) is 71.2 Å². The first kappa shape index (κ1) is 68.9. The summed E-state index contributed by atoms with van der Waals surface area (Å²) in [5.74, 6) is -7.97. The molecule has 1 aromatic heterocycles. The Labute approximate surface area is 509 Å². The first-order chi connectivity index (χ1) is 41.2. The number of quaternary nitrogens is 1. The molecule has 4 heterocycles. The lowest BCUT2D eigenvalue weighted by Gasteiger charge is -2.44. The van der Waals surface area contributed by atoms with Crippen molar-refractivity contribution in [2.75, 3.05) is 46.2 Å². The fourth-order valence-electron chi connectivity index (χ4n) is 11.3. The van der Waals surface area contributed by atoms with E-state index in [1.807, 2.05) is 65.1 Å². The molecule has 3 aliphatic rings. The Morgan fingerprint density at radius 1 is 0.920 bits per heavy atom. The van der Waals surface area contributed by atoms with Crippen LogP contribution in [0.25, 0.3) is 0 Å². The molecule has 87 heavy (non-hydrogen) atoms. The van der Waals surface area contributed by atoms with Gasteiger partial charge in [0.25, 0.3) is 23.6 Å². The maximum Gasteiger partial charge on any atom is 0.335 e. The summed E-state index contributed by atoms with van der Waals surface area (Å²) < 4.78 is 17.4. The smallest absolute Gasteiger partial charge is 0.335 e. The highest BCUT2D eigenvalue weighted by atomic mass is 32.1. The molecule has 7 amide bonds. The van der Waals surface area contributed by atoms with Crippen LogP contribution in [0.1, 0.15) is 112 Å². The zero-order valence-electron chi connectivity index (χ0n) is 50.3. The Hall–Kier alpha value is -7.24. The number of aliphatic hydroxyl groups excluding tert-OH is 3. The van der Waals surface area contributed by atoms with Crippen molar-refractivity contribution in [2.24, 2.45) is 23.5 Å². The van der Waals surface area contributed by atoms with Crippen LogP contribution in [-0.4, -0.2) is 200 Å². The number of amides is 7. The zero-order valence-corrected chi connectivity index (χ0v) is 51.1. The Morgan fingerprint density at radius 2 is 1.61 bits per heavy atom. The van der Waals surface area contributed by atoms with Crippen LogP contribution in [0, 0.1) is 17.8 Å². The summed E-state index contributed by atoms with van der Waals surface area (Å²) in [6.07, 6.45) is -5.47. The van der Waals surface area contributed by atoms with Crippen LogP contribution in [0.5, 0.6) is 5.75 Å². The molecule has 27 heteroatoms. The molecule has 0 bridgehead atoms. The van der Waals surface area contributed by atoms with Crippen molar-refractivity contribution in [3.8, 4) is 5.75 Å². The van der Waals surface area contributed by atoms with Crippen molar-refractivity contribution in [3.63, 3.8) is 0 Å². The van der Waals surface area contributed by atoms with Crippen LogP contribution in [0.2, 0.25) is 0 Å². The third-order valence-electron chi connectivity index (χ3n) is 16.6. The zero-order chi connectivity index (χ0) is 64.0. The number of aliphatic carboxylic acids is 2. The van der Waals surface area contributed by atoms with Crippen LogP contribution in [-0.2, 0) is 60.8 Å². The van der Waals surface area contributed by atoms with Gasteiger partial charge in [0, 0.05) is 81.7 Å². The fourth-order valence-corrected chi connectivity index (χ4v) is 12.1. The number of nitrogens with zero attached hydrogens (tertiary/aromatic N) is 4. The highest BCUT2D eigenvalue weighted by Crippen LogP contribution is 2.35. The van der Waals surface area contributed by atoms with Crippen molar-refractivity contribution in [3.05, 3.63) is 87.9 Å². The number of hydrogen-bond donors (Lipinski definition) is 10. The number of rotatable bonds is 30. The molecule has 0 aliphatic carbocycles. The molecular formula is C60H84N9O17S+. The molecule has 2 unspecified atom stereocenters. The van der Waals surface area contributed by atoms with Gasteiger partial charge in [0.05, 0.1) is 25.2 Å². The van der Waals surface area contributed by atoms with E-state index in [0.717, 1.165) is 24.1 Å².